The zero-order valence-electron chi connectivity index (χ0n) is 7.14. The minimum absolute atomic E-state index is 0.0112. The topological polar surface area (TPSA) is 101 Å². The molecule has 1 heterocycles. The number of aliphatic hydroxyl groups excluding tert-OH is 1. The standard InChI is InChI=1S/C7H9ClN4O2/c8-7-10-2-1-5(12-7)11-3-4(13)6(9)14/h1-2,4,13H,3H2,(H2,9,14)(H,10,11,12). The molecule has 0 fully saturated rings. The van der Waals surface area contributed by atoms with Crippen LogP contribution in [0.4, 0.5) is 5.82 Å². The monoisotopic (exact) mass is 216 g/mol. The van der Waals surface area contributed by atoms with Crippen LogP contribution in [0.5, 0.6) is 0 Å². The number of hydrogen-bond donors (Lipinski definition) is 3. The van der Waals surface area contributed by atoms with E-state index in [9.17, 15) is 4.79 Å². The molecule has 0 aliphatic heterocycles. The number of nitrogens with two attached hydrogens (primary N) is 1. The first-order valence-electron chi connectivity index (χ1n) is 3.79. The molecule has 0 saturated heterocycles. The van der Waals surface area contributed by atoms with E-state index in [-0.39, 0.29) is 11.8 Å². The first kappa shape index (κ1) is 10.7. The Morgan fingerprint density at radius 3 is 3.07 bits per heavy atom. The van der Waals surface area contributed by atoms with Gasteiger partial charge in [-0.2, -0.15) is 0 Å². The smallest absolute Gasteiger partial charge is 0.248 e. The molecule has 0 spiro atoms. The predicted molar refractivity (Wildman–Crippen MR) is 50.7 cm³/mol. The molecule has 0 radical (unpaired) electrons. The van der Waals surface area contributed by atoms with Gasteiger partial charge in [-0.05, 0) is 17.7 Å². The quantitative estimate of drug-likeness (QED) is 0.583. The van der Waals surface area contributed by atoms with E-state index < -0.39 is 12.0 Å². The second-order valence-corrected chi connectivity index (χ2v) is 2.85. The summed E-state index contributed by atoms with van der Waals surface area (Å²) in [5.41, 5.74) is 4.84. The molecule has 14 heavy (non-hydrogen) atoms. The van der Waals surface area contributed by atoms with Crippen molar-refractivity contribution in [2.24, 2.45) is 5.73 Å². The van der Waals surface area contributed by atoms with Crippen molar-refractivity contribution in [3.63, 3.8) is 0 Å². The molecule has 4 N–H and O–H groups in total. The molecular weight excluding hydrogens is 208 g/mol. The molecule has 0 saturated carbocycles. The largest absolute Gasteiger partial charge is 0.381 e. The van der Waals surface area contributed by atoms with Crippen LogP contribution in [0.3, 0.4) is 0 Å². The highest BCUT2D eigenvalue weighted by atomic mass is 35.5. The van der Waals surface area contributed by atoms with Gasteiger partial charge in [0.25, 0.3) is 0 Å². The SMILES string of the molecule is NC(=O)C(O)CNc1ccnc(Cl)n1. The molecule has 0 aromatic carbocycles. The van der Waals surface area contributed by atoms with Crippen molar-refractivity contribution in [2.75, 3.05) is 11.9 Å². The van der Waals surface area contributed by atoms with Crippen molar-refractivity contribution in [2.45, 2.75) is 6.10 Å². The van der Waals surface area contributed by atoms with Crippen LogP contribution in [0.15, 0.2) is 12.3 Å². The third kappa shape index (κ3) is 3.15. The summed E-state index contributed by atoms with van der Waals surface area (Å²) in [6.07, 6.45) is 0.206. The van der Waals surface area contributed by atoms with Gasteiger partial charge in [0.15, 0.2) is 0 Å². The maximum absolute atomic E-state index is 10.5. The van der Waals surface area contributed by atoms with Crippen molar-refractivity contribution >= 4 is 23.3 Å². The van der Waals surface area contributed by atoms with Gasteiger partial charge in [0.1, 0.15) is 11.9 Å². The second kappa shape index (κ2) is 4.73. The van der Waals surface area contributed by atoms with Crippen LogP contribution in [0.1, 0.15) is 0 Å². The van der Waals surface area contributed by atoms with Crippen LogP contribution in [-0.4, -0.2) is 33.6 Å². The summed E-state index contributed by atoms with van der Waals surface area (Å²) in [7, 11) is 0. The third-order valence-corrected chi connectivity index (χ3v) is 1.61. The van der Waals surface area contributed by atoms with Gasteiger partial charge < -0.3 is 16.2 Å². The average Bonchev–Trinajstić information content (AvgIpc) is 2.14. The number of amides is 1. The minimum atomic E-state index is -1.25. The number of nitrogens with zero attached hydrogens (tertiary/aromatic N) is 2. The summed E-state index contributed by atoms with van der Waals surface area (Å²) < 4.78 is 0. The lowest BCUT2D eigenvalue weighted by atomic mass is 10.3. The molecule has 76 valence electrons. The van der Waals surface area contributed by atoms with E-state index in [0.717, 1.165) is 0 Å². The number of nitrogens with one attached hydrogen (secondary N) is 1. The normalized spacial score (nSPS) is 12.1. The fourth-order valence-corrected chi connectivity index (χ4v) is 0.883. The van der Waals surface area contributed by atoms with Crippen LogP contribution in [0.25, 0.3) is 0 Å². The highest BCUT2D eigenvalue weighted by Crippen LogP contribution is 2.05. The van der Waals surface area contributed by atoms with Crippen molar-refractivity contribution < 1.29 is 9.90 Å². The summed E-state index contributed by atoms with van der Waals surface area (Å²) in [6, 6.07) is 1.56. The Bertz CT molecular complexity index is 333. The van der Waals surface area contributed by atoms with Gasteiger partial charge >= 0.3 is 0 Å². The molecule has 1 aromatic rings. The first-order valence-corrected chi connectivity index (χ1v) is 4.17. The number of hydrogen-bond acceptors (Lipinski definition) is 5. The van der Waals surface area contributed by atoms with Gasteiger partial charge in [0.05, 0.1) is 6.54 Å². The van der Waals surface area contributed by atoms with Crippen molar-refractivity contribution in [3.8, 4) is 0 Å². The van der Waals surface area contributed by atoms with Gasteiger partial charge in [-0.15, -0.1) is 0 Å². The van der Waals surface area contributed by atoms with Crippen LogP contribution in [0, 0.1) is 0 Å². The molecule has 0 bridgehead atoms. The molecule has 0 aliphatic carbocycles. The highest BCUT2D eigenvalue weighted by molar-refractivity contribution is 6.28. The summed E-state index contributed by atoms with van der Waals surface area (Å²) in [5.74, 6) is -0.372. The van der Waals surface area contributed by atoms with E-state index in [1.807, 2.05) is 0 Å². The Balaban J connectivity index is 2.49. The lowest BCUT2D eigenvalue weighted by Gasteiger charge is -2.08. The fraction of sp³-hybridized carbons (Fsp3) is 0.286. The number of carbonyl (C=O) groups excluding carboxylic acids is 1. The number of primary amides is 1. The minimum Gasteiger partial charge on any atom is -0.381 e. The molecule has 1 aromatic heterocycles. The van der Waals surface area contributed by atoms with E-state index >= 15 is 0 Å². The zero-order valence-corrected chi connectivity index (χ0v) is 7.90. The Labute approximate surface area is 85.1 Å². The Morgan fingerprint density at radius 2 is 2.50 bits per heavy atom. The molecule has 6 nitrogen and oxygen atoms in total. The maximum Gasteiger partial charge on any atom is 0.248 e. The van der Waals surface area contributed by atoms with Crippen LogP contribution < -0.4 is 11.1 Å². The fourth-order valence-electron chi connectivity index (χ4n) is 0.735. The van der Waals surface area contributed by atoms with E-state index in [1.54, 1.807) is 6.07 Å². The van der Waals surface area contributed by atoms with Gasteiger partial charge in [-0.1, -0.05) is 0 Å². The maximum atomic E-state index is 10.5. The average molecular weight is 217 g/mol. The number of aromatic nitrogens is 2. The van der Waals surface area contributed by atoms with E-state index in [4.69, 9.17) is 22.4 Å². The summed E-state index contributed by atoms with van der Waals surface area (Å²) >= 11 is 5.51. The first-order chi connectivity index (χ1) is 6.59. The molecule has 7 heteroatoms. The second-order valence-electron chi connectivity index (χ2n) is 2.51. The molecule has 1 rings (SSSR count). The third-order valence-electron chi connectivity index (χ3n) is 1.43. The van der Waals surface area contributed by atoms with Crippen molar-refractivity contribution in [3.05, 3.63) is 17.5 Å². The van der Waals surface area contributed by atoms with Crippen LogP contribution in [-0.2, 0) is 4.79 Å². The Hall–Kier alpha value is -1.40. The van der Waals surface area contributed by atoms with Crippen molar-refractivity contribution in [1.82, 2.24) is 9.97 Å². The van der Waals surface area contributed by atoms with E-state index in [0.29, 0.717) is 5.82 Å². The zero-order chi connectivity index (χ0) is 10.6. The van der Waals surface area contributed by atoms with Crippen LogP contribution >= 0.6 is 11.6 Å². The molecule has 1 unspecified atom stereocenters. The molecular formula is C7H9ClN4O2. The number of anilines is 1. The highest BCUT2D eigenvalue weighted by Gasteiger charge is 2.10. The summed E-state index contributed by atoms with van der Waals surface area (Å²) in [6.45, 7) is -0.0112. The molecule has 0 aliphatic rings. The Morgan fingerprint density at radius 1 is 1.79 bits per heavy atom. The number of halogens is 1. The lowest BCUT2D eigenvalue weighted by molar-refractivity contribution is -0.125. The lowest BCUT2D eigenvalue weighted by Crippen LogP contribution is -2.34. The molecule has 1 atom stereocenters. The van der Waals surface area contributed by atoms with Gasteiger partial charge in [0, 0.05) is 6.20 Å². The van der Waals surface area contributed by atoms with Gasteiger partial charge in [-0.3, -0.25) is 4.79 Å². The van der Waals surface area contributed by atoms with Crippen LogP contribution in [0.2, 0.25) is 5.28 Å². The Kier molecular flexibility index (Phi) is 3.61. The van der Waals surface area contributed by atoms with E-state index in [1.165, 1.54) is 6.20 Å². The molecule has 1 amide bonds. The number of rotatable bonds is 4. The predicted octanol–water partition coefficient (Wildman–Crippen LogP) is -0.612. The van der Waals surface area contributed by atoms with Gasteiger partial charge in [-0.25, -0.2) is 9.97 Å². The number of aliphatic hydroxyl groups is 1. The van der Waals surface area contributed by atoms with Gasteiger partial charge in [0.2, 0.25) is 11.2 Å². The summed E-state index contributed by atoms with van der Waals surface area (Å²) in [5, 5.41) is 11.8. The summed E-state index contributed by atoms with van der Waals surface area (Å²) in [4.78, 5) is 17.9. The van der Waals surface area contributed by atoms with Crippen molar-refractivity contribution in [1.29, 1.82) is 0 Å². The number of carbonyl (C=O) groups is 1. The van der Waals surface area contributed by atoms with E-state index in [2.05, 4.69) is 15.3 Å².